The number of nitrogens with one attached hydrogen (secondary N) is 1. The molecule has 4 N–H and O–H groups in total. The van der Waals surface area contributed by atoms with Crippen LogP contribution in [-0.2, 0) is 6.54 Å². The number of benzene rings is 1. The number of phenols is 1. The van der Waals surface area contributed by atoms with E-state index in [1.54, 1.807) is 31.2 Å². The van der Waals surface area contributed by atoms with E-state index in [1.807, 2.05) is 0 Å². The van der Waals surface area contributed by atoms with Gasteiger partial charge in [-0.05, 0) is 55.3 Å². The molecule has 0 atom stereocenters. The zero-order chi connectivity index (χ0) is 21.1. The first kappa shape index (κ1) is 22.2. The number of hydrogen-bond donors (Lipinski definition) is 3. The summed E-state index contributed by atoms with van der Waals surface area (Å²) in [7, 11) is 0. The Morgan fingerprint density at radius 1 is 1.29 bits per heavy atom. The minimum Gasteiger partial charge on any atom is -0.507 e. The van der Waals surface area contributed by atoms with Crippen LogP contribution >= 0.6 is 12.4 Å². The van der Waals surface area contributed by atoms with Gasteiger partial charge in [-0.1, -0.05) is 17.3 Å². The summed E-state index contributed by atoms with van der Waals surface area (Å²) in [5.74, 6) is -0.431. The number of aromatic nitrogens is 5. The fourth-order valence-corrected chi connectivity index (χ4v) is 3.31. The van der Waals surface area contributed by atoms with E-state index in [2.05, 4.69) is 40.7 Å². The van der Waals surface area contributed by atoms with Gasteiger partial charge in [0.25, 0.3) is 5.91 Å². The Balaban J connectivity index is 0.00000272. The Kier molecular flexibility index (Phi) is 6.82. The highest BCUT2D eigenvalue weighted by Crippen LogP contribution is 2.19. The highest BCUT2D eigenvalue weighted by atomic mass is 35.5. The van der Waals surface area contributed by atoms with E-state index in [0.717, 1.165) is 25.9 Å². The highest BCUT2D eigenvalue weighted by Gasteiger charge is 2.27. The van der Waals surface area contributed by atoms with Gasteiger partial charge in [0.15, 0.2) is 5.69 Å². The molecular formula is C18H22ClN9O3. The molecule has 3 heterocycles. The van der Waals surface area contributed by atoms with Crippen LogP contribution in [0.15, 0.2) is 34.0 Å². The van der Waals surface area contributed by atoms with Crippen molar-refractivity contribution in [1.29, 1.82) is 0 Å². The maximum Gasteiger partial charge on any atom is 0.292 e. The number of anilines is 1. The van der Waals surface area contributed by atoms with Crippen molar-refractivity contribution in [3.05, 3.63) is 41.2 Å². The molecule has 1 aromatic carbocycles. The minimum atomic E-state index is -0.550. The van der Waals surface area contributed by atoms with Crippen molar-refractivity contribution in [2.24, 2.45) is 5.10 Å². The summed E-state index contributed by atoms with van der Waals surface area (Å²) in [5.41, 5.74) is 9.82. The molecule has 0 radical (unpaired) electrons. The van der Waals surface area contributed by atoms with Crippen LogP contribution in [0.1, 0.15) is 41.5 Å². The first-order valence-electron chi connectivity index (χ1n) is 9.43. The molecule has 13 heteroatoms. The van der Waals surface area contributed by atoms with E-state index < -0.39 is 5.91 Å². The van der Waals surface area contributed by atoms with Crippen molar-refractivity contribution in [3.63, 3.8) is 0 Å². The van der Waals surface area contributed by atoms with Gasteiger partial charge in [-0.15, -0.1) is 17.5 Å². The highest BCUT2D eigenvalue weighted by molar-refractivity contribution is 6.02. The Morgan fingerprint density at radius 3 is 2.71 bits per heavy atom. The number of carbonyl (C=O) groups is 1. The summed E-state index contributed by atoms with van der Waals surface area (Å²) in [6.45, 7) is 3.98. The van der Waals surface area contributed by atoms with E-state index >= 15 is 0 Å². The molecule has 2 aromatic heterocycles. The van der Waals surface area contributed by atoms with E-state index in [9.17, 15) is 9.90 Å². The maximum absolute atomic E-state index is 13.0. The number of amides is 1. The quantitative estimate of drug-likeness (QED) is 0.371. The van der Waals surface area contributed by atoms with Gasteiger partial charge >= 0.3 is 0 Å². The van der Waals surface area contributed by atoms with E-state index in [0.29, 0.717) is 23.5 Å². The molecule has 0 aliphatic carbocycles. The van der Waals surface area contributed by atoms with Gasteiger partial charge in [-0.25, -0.2) is 10.1 Å². The molecule has 1 fully saturated rings. The molecule has 4 rings (SSSR count). The number of nitrogens with zero attached hydrogens (tertiary/aromatic N) is 7. The topological polar surface area (TPSA) is 161 Å². The lowest BCUT2D eigenvalue weighted by atomic mass is 10.1. The predicted octanol–water partition coefficient (Wildman–Crippen LogP) is 1.11. The average Bonchev–Trinajstić information content (AvgIpc) is 3.48. The summed E-state index contributed by atoms with van der Waals surface area (Å²) >= 11 is 0. The number of likely N-dealkylation sites (tertiary alicyclic amines) is 1. The molecule has 1 aliphatic heterocycles. The van der Waals surface area contributed by atoms with Crippen LogP contribution in [0.5, 0.6) is 5.75 Å². The number of aromatic hydroxyl groups is 1. The van der Waals surface area contributed by atoms with Crippen LogP contribution in [0.3, 0.4) is 0 Å². The second kappa shape index (κ2) is 9.53. The zero-order valence-corrected chi connectivity index (χ0v) is 17.5. The van der Waals surface area contributed by atoms with Gasteiger partial charge in [-0.3, -0.25) is 9.69 Å². The summed E-state index contributed by atoms with van der Waals surface area (Å²) < 4.78 is 5.83. The summed E-state index contributed by atoms with van der Waals surface area (Å²) in [6.07, 6.45) is 2.19. The normalized spacial score (nSPS) is 14.4. The fourth-order valence-electron chi connectivity index (χ4n) is 3.31. The Bertz CT molecular complexity index is 1090. The largest absolute Gasteiger partial charge is 0.507 e. The maximum atomic E-state index is 13.0. The van der Waals surface area contributed by atoms with Gasteiger partial charge in [0.1, 0.15) is 11.4 Å². The minimum absolute atomic E-state index is 0. The zero-order valence-electron chi connectivity index (χ0n) is 16.7. The number of halogens is 1. The molecule has 1 aliphatic rings. The third-order valence-electron chi connectivity index (χ3n) is 4.84. The van der Waals surface area contributed by atoms with E-state index in [1.165, 1.54) is 4.68 Å². The molecule has 0 spiro atoms. The van der Waals surface area contributed by atoms with Crippen molar-refractivity contribution in [2.75, 3.05) is 18.8 Å². The number of carbonyl (C=O) groups excluding carboxylic acids is 1. The van der Waals surface area contributed by atoms with E-state index in [-0.39, 0.29) is 35.5 Å². The molecule has 12 nitrogen and oxygen atoms in total. The van der Waals surface area contributed by atoms with Crippen LogP contribution in [0, 0.1) is 0 Å². The number of para-hydroxylation sites is 1. The third kappa shape index (κ3) is 4.64. The van der Waals surface area contributed by atoms with Gasteiger partial charge < -0.3 is 10.8 Å². The molecule has 3 aromatic rings. The Hall–Kier alpha value is -3.51. The monoisotopic (exact) mass is 447 g/mol. The van der Waals surface area contributed by atoms with Crippen molar-refractivity contribution < 1.29 is 14.5 Å². The molecule has 1 amide bonds. The lowest BCUT2D eigenvalue weighted by Crippen LogP contribution is -2.26. The number of hydrazone groups is 1. The number of nitrogens with two attached hydrogens (primary N) is 1. The molecule has 0 bridgehead atoms. The van der Waals surface area contributed by atoms with Crippen molar-refractivity contribution in [1.82, 2.24) is 35.6 Å². The summed E-state index contributed by atoms with van der Waals surface area (Å²) in [5, 5.41) is 29.5. The average molecular weight is 448 g/mol. The Morgan fingerprint density at radius 2 is 2.03 bits per heavy atom. The SMILES string of the molecule is C/C(=N\NC(=O)c1c(CN2CCCC2)nnn1-c1nonc1N)c1ccccc1O.Cl. The van der Waals surface area contributed by atoms with Crippen molar-refractivity contribution in [2.45, 2.75) is 26.3 Å². The van der Waals surface area contributed by atoms with Crippen LogP contribution in [0.25, 0.3) is 5.82 Å². The number of hydrogen-bond acceptors (Lipinski definition) is 10. The van der Waals surface area contributed by atoms with Gasteiger partial charge in [0, 0.05) is 12.1 Å². The van der Waals surface area contributed by atoms with Crippen LogP contribution < -0.4 is 11.2 Å². The molecular weight excluding hydrogens is 426 g/mol. The lowest BCUT2D eigenvalue weighted by Gasteiger charge is -2.13. The first-order valence-corrected chi connectivity index (χ1v) is 9.43. The second-order valence-corrected chi connectivity index (χ2v) is 6.91. The number of phenolic OH excluding ortho intramolecular Hbond substituents is 1. The van der Waals surface area contributed by atoms with Crippen LogP contribution in [-0.4, -0.2) is 60.0 Å². The summed E-state index contributed by atoms with van der Waals surface area (Å²) in [6, 6.07) is 6.72. The van der Waals surface area contributed by atoms with Gasteiger partial charge in [-0.2, -0.15) is 9.78 Å². The molecule has 0 unspecified atom stereocenters. The number of nitrogen functional groups attached to an aromatic ring is 1. The van der Waals surface area contributed by atoms with Crippen LogP contribution in [0.4, 0.5) is 5.82 Å². The standard InChI is InChI=1S/C18H21N9O3.ClH/c1-11(12-6-2-3-7-14(12)28)20-22-18(29)15-13(10-26-8-4-5-9-26)21-25-27(15)17-16(19)23-30-24-17;/h2-3,6-7,28H,4-5,8-10H2,1H3,(H2,19,23)(H,22,29);1H/b20-11+;. The predicted molar refractivity (Wildman–Crippen MR) is 113 cm³/mol. The van der Waals surface area contributed by atoms with Gasteiger partial charge in [0.2, 0.25) is 11.6 Å². The van der Waals surface area contributed by atoms with Crippen LogP contribution in [0.2, 0.25) is 0 Å². The molecule has 0 saturated carbocycles. The number of rotatable bonds is 6. The van der Waals surface area contributed by atoms with Crippen molar-refractivity contribution >= 4 is 29.8 Å². The molecule has 1 saturated heterocycles. The van der Waals surface area contributed by atoms with E-state index in [4.69, 9.17) is 5.73 Å². The fraction of sp³-hybridized carbons (Fsp3) is 0.333. The molecule has 31 heavy (non-hydrogen) atoms. The second-order valence-electron chi connectivity index (χ2n) is 6.91. The molecule has 164 valence electrons. The van der Waals surface area contributed by atoms with Crippen molar-refractivity contribution in [3.8, 4) is 11.6 Å². The first-order chi connectivity index (χ1) is 14.5. The third-order valence-corrected chi connectivity index (χ3v) is 4.84. The Labute approximate surface area is 183 Å². The van der Waals surface area contributed by atoms with Gasteiger partial charge in [0.05, 0.1) is 5.71 Å². The summed E-state index contributed by atoms with van der Waals surface area (Å²) in [4.78, 5) is 15.2. The smallest absolute Gasteiger partial charge is 0.292 e. The lowest BCUT2D eigenvalue weighted by molar-refractivity contribution is 0.0945.